The Kier molecular flexibility index (Phi) is 5.36. The molecule has 2 aliphatic rings. The van der Waals surface area contributed by atoms with E-state index < -0.39 is 12.1 Å². The second kappa shape index (κ2) is 8.30. The summed E-state index contributed by atoms with van der Waals surface area (Å²) in [7, 11) is 3.34. The van der Waals surface area contributed by atoms with Gasteiger partial charge in [0.2, 0.25) is 0 Å². The van der Waals surface area contributed by atoms with Crippen LogP contribution in [0.1, 0.15) is 29.5 Å². The molecular formula is C25H25NO5. The van der Waals surface area contributed by atoms with Crippen molar-refractivity contribution in [1.29, 1.82) is 0 Å². The Labute approximate surface area is 181 Å². The van der Waals surface area contributed by atoms with Crippen molar-refractivity contribution in [2.75, 3.05) is 20.8 Å². The minimum Gasteiger partial charge on any atom is -0.497 e. The molecule has 1 aromatic heterocycles. The molecule has 0 amide bonds. The first-order valence-corrected chi connectivity index (χ1v) is 10.4. The average Bonchev–Trinajstić information content (AvgIpc) is 3.11. The van der Waals surface area contributed by atoms with Gasteiger partial charge in [0.25, 0.3) is 5.79 Å². The second-order valence-electron chi connectivity index (χ2n) is 7.77. The Morgan fingerprint density at radius 2 is 1.94 bits per heavy atom. The van der Waals surface area contributed by atoms with E-state index in [9.17, 15) is 0 Å². The van der Waals surface area contributed by atoms with Crippen LogP contribution in [-0.2, 0) is 31.3 Å². The Hall–Kier alpha value is -2.93. The molecule has 160 valence electrons. The van der Waals surface area contributed by atoms with Gasteiger partial charge in [-0.15, -0.1) is 0 Å². The van der Waals surface area contributed by atoms with Crippen molar-refractivity contribution < 1.29 is 23.7 Å². The first-order chi connectivity index (χ1) is 15.2. The van der Waals surface area contributed by atoms with Gasteiger partial charge < -0.3 is 23.7 Å². The predicted molar refractivity (Wildman–Crippen MR) is 115 cm³/mol. The van der Waals surface area contributed by atoms with E-state index in [1.165, 1.54) is 0 Å². The van der Waals surface area contributed by atoms with E-state index in [0.717, 1.165) is 39.9 Å². The van der Waals surface area contributed by atoms with Crippen molar-refractivity contribution in [3.8, 4) is 5.75 Å². The van der Waals surface area contributed by atoms with Crippen LogP contribution in [0.2, 0.25) is 0 Å². The van der Waals surface area contributed by atoms with Gasteiger partial charge in [-0.1, -0.05) is 30.3 Å². The number of aromatic nitrogens is 1. The molecule has 5 rings (SSSR count). The quantitative estimate of drug-likeness (QED) is 0.570. The highest BCUT2D eigenvalue weighted by Gasteiger charge is 2.55. The zero-order valence-electron chi connectivity index (χ0n) is 17.6. The third-order valence-electron chi connectivity index (χ3n) is 5.85. The number of hydrogen-bond acceptors (Lipinski definition) is 6. The maximum Gasteiger partial charge on any atom is 0.261 e. The maximum atomic E-state index is 6.50. The van der Waals surface area contributed by atoms with Gasteiger partial charge in [0.15, 0.2) is 6.29 Å². The number of para-hydroxylation sites is 1. The molecule has 2 aliphatic heterocycles. The number of benzene rings is 2. The summed E-state index contributed by atoms with van der Waals surface area (Å²) >= 11 is 0. The minimum absolute atomic E-state index is 0.0375. The van der Waals surface area contributed by atoms with Gasteiger partial charge in [-0.3, -0.25) is 0 Å². The highest BCUT2D eigenvalue weighted by Crippen LogP contribution is 2.51. The van der Waals surface area contributed by atoms with Crippen molar-refractivity contribution in [2.24, 2.45) is 5.92 Å². The van der Waals surface area contributed by atoms with Crippen molar-refractivity contribution >= 4 is 10.9 Å². The SMILES string of the molecule is COCC1CC=CO[C@]12O[C@H](OCc1ccc(OC)cc1)c1cc3ccccc3nc12. The zero-order chi connectivity index (χ0) is 21.3. The van der Waals surface area contributed by atoms with Gasteiger partial charge in [0, 0.05) is 18.1 Å². The summed E-state index contributed by atoms with van der Waals surface area (Å²) in [6, 6.07) is 17.9. The van der Waals surface area contributed by atoms with E-state index in [1.807, 2.05) is 54.6 Å². The van der Waals surface area contributed by atoms with Crippen LogP contribution in [0.3, 0.4) is 0 Å². The number of pyridine rings is 1. The molecule has 31 heavy (non-hydrogen) atoms. The number of allylic oxidation sites excluding steroid dienone is 1. The molecule has 3 heterocycles. The second-order valence-corrected chi connectivity index (χ2v) is 7.77. The lowest BCUT2D eigenvalue weighted by atomic mass is 9.90. The molecule has 3 aromatic rings. The number of rotatable bonds is 6. The molecule has 6 heteroatoms. The first kappa shape index (κ1) is 20.0. The van der Waals surface area contributed by atoms with E-state index in [1.54, 1.807) is 20.5 Å². The molecule has 1 unspecified atom stereocenters. The molecule has 0 aliphatic carbocycles. The van der Waals surface area contributed by atoms with Gasteiger partial charge in [-0.2, -0.15) is 0 Å². The molecule has 0 saturated carbocycles. The molecule has 0 saturated heterocycles. The fraction of sp³-hybridized carbons (Fsp3) is 0.320. The summed E-state index contributed by atoms with van der Waals surface area (Å²) in [6.45, 7) is 0.880. The maximum absolute atomic E-state index is 6.50. The third kappa shape index (κ3) is 3.57. The van der Waals surface area contributed by atoms with E-state index >= 15 is 0 Å². The Morgan fingerprint density at radius 1 is 1.10 bits per heavy atom. The molecule has 0 radical (unpaired) electrons. The number of ether oxygens (including phenoxy) is 5. The highest BCUT2D eigenvalue weighted by molar-refractivity contribution is 5.79. The van der Waals surface area contributed by atoms with Gasteiger partial charge in [-0.05, 0) is 42.3 Å². The fourth-order valence-electron chi connectivity index (χ4n) is 4.26. The summed E-state index contributed by atoms with van der Waals surface area (Å²) in [5, 5.41) is 1.04. The van der Waals surface area contributed by atoms with Gasteiger partial charge in [0.1, 0.15) is 11.4 Å². The van der Waals surface area contributed by atoms with E-state index in [2.05, 4.69) is 6.07 Å². The van der Waals surface area contributed by atoms with Crippen LogP contribution in [0, 0.1) is 5.92 Å². The normalized spacial score (nSPS) is 24.3. The molecule has 0 fully saturated rings. The first-order valence-electron chi connectivity index (χ1n) is 10.4. The monoisotopic (exact) mass is 419 g/mol. The van der Waals surface area contributed by atoms with Crippen LogP contribution in [0.4, 0.5) is 0 Å². The van der Waals surface area contributed by atoms with E-state index in [-0.39, 0.29) is 5.92 Å². The lowest BCUT2D eigenvalue weighted by molar-refractivity contribution is -0.318. The highest BCUT2D eigenvalue weighted by atomic mass is 16.8. The lowest BCUT2D eigenvalue weighted by Gasteiger charge is -2.37. The fourth-order valence-corrected chi connectivity index (χ4v) is 4.26. The summed E-state index contributed by atoms with van der Waals surface area (Å²) in [4.78, 5) is 4.96. The number of nitrogens with zero attached hydrogens (tertiary/aromatic N) is 1. The van der Waals surface area contributed by atoms with Crippen molar-refractivity contribution in [3.05, 3.63) is 83.8 Å². The zero-order valence-corrected chi connectivity index (χ0v) is 17.6. The summed E-state index contributed by atoms with van der Waals surface area (Å²) < 4.78 is 29.6. The largest absolute Gasteiger partial charge is 0.497 e. The minimum atomic E-state index is -1.03. The van der Waals surface area contributed by atoms with Gasteiger partial charge in [0.05, 0.1) is 38.0 Å². The Bertz CT molecular complexity index is 1100. The molecule has 1 spiro atoms. The number of methoxy groups -OCH3 is 2. The van der Waals surface area contributed by atoms with Crippen molar-refractivity contribution in [3.63, 3.8) is 0 Å². The molecular weight excluding hydrogens is 394 g/mol. The third-order valence-corrected chi connectivity index (χ3v) is 5.85. The van der Waals surface area contributed by atoms with Crippen LogP contribution in [-0.4, -0.2) is 25.8 Å². The lowest BCUT2D eigenvalue weighted by Crippen LogP contribution is -2.41. The molecule has 0 bridgehead atoms. The van der Waals surface area contributed by atoms with Crippen LogP contribution in [0.25, 0.3) is 10.9 Å². The molecule has 3 atom stereocenters. The molecule has 6 nitrogen and oxygen atoms in total. The summed E-state index contributed by atoms with van der Waals surface area (Å²) in [6.07, 6.45) is 3.86. The number of hydrogen-bond donors (Lipinski definition) is 0. The van der Waals surface area contributed by atoms with Crippen LogP contribution < -0.4 is 4.74 Å². The van der Waals surface area contributed by atoms with Gasteiger partial charge >= 0.3 is 0 Å². The van der Waals surface area contributed by atoms with Crippen LogP contribution in [0.15, 0.2) is 66.9 Å². The van der Waals surface area contributed by atoms with Crippen LogP contribution >= 0.6 is 0 Å². The van der Waals surface area contributed by atoms with Crippen LogP contribution in [0.5, 0.6) is 5.75 Å². The predicted octanol–water partition coefficient (Wildman–Crippen LogP) is 4.84. The Balaban J connectivity index is 1.51. The number of fused-ring (bicyclic) bond motifs is 3. The van der Waals surface area contributed by atoms with Crippen molar-refractivity contribution in [1.82, 2.24) is 4.98 Å². The molecule has 2 aromatic carbocycles. The Morgan fingerprint density at radius 3 is 2.74 bits per heavy atom. The summed E-state index contributed by atoms with van der Waals surface area (Å²) in [5.41, 5.74) is 3.58. The van der Waals surface area contributed by atoms with Gasteiger partial charge in [-0.25, -0.2) is 4.98 Å². The average molecular weight is 419 g/mol. The van der Waals surface area contributed by atoms with E-state index in [0.29, 0.717) is 13.2 Å². The standard InChI is InChI=1S/C25H25NO5/c1-27-16-19-7-5-13-30-25(19)23-21(14-18-6-3-4-8-22(18)26-23)24(31-25)29-15-17-9-11-20(28-2)12-10-17/h3-6,8-14,19,24H,7,15-16H2,1-2H3/t19?,24-,25-/m0/s1. The topological polar surface area (TPSA) is 59.0 Å². The van der Waals surface area contributed by atoms with E-state index in [4.69, 9.17) is 28.7 Å². The molecule has 0 N–H and O–H groups in total. The van der Waals surface area contributed by atoms with Crippen molar-refractivity contribution in [2.45, 2.75) is 25.1 Å². The summed E-state index contributed by atoms with van der Waals surface area (Å²) in [5.74, 6) is -0.260. The smallest absolute Gasteiger partial charge is 0.261 e.